The zero-order valence-electron chi connectivity index (χ0n) is 25.4. The molecule has 1 atom stereocenters. The van der Waals surface area contributed by atoms with E-state index in [1.165, 1.54) is 4.90 Å². The number of benzene rings is 2. The van der Waals surface area contributed by atoms with Gasteiger partial charge in [0.2, 0.25) is 6.29 Å². The number of rotatable bonds is 9. The number of aliphatic hydroxyl groups is 2. The first-order chi connectivity index (χ1) is 20.9. The number of aromatic nitrogens is 3. The van der Waals surface area contributed by atoms with Gasteiger partial charge in [0.15, 0.2) is 0 Å². The molecule has 44 heavy (non-hydrogen) atoms. The fourth-order valence-electron chi connectivity index (χ4n) is 6.05. The maximum Gasteiger partial charge on any atom is 0.279 e. The normalized spacial score (nSPS) is 15.0. The molecule has 2 aromatic heterocycles. The average Bonchev–Trinajstić information content (AvgIpc) is 3.65. The molecule has 1 aliphatic rings. The molecule has 4 N–H and O–H groups in total. The number of ether oxygens (including phenoxy) is 1. The Hall–Kier alpha value is -3.57. The summed E-state index contributed by atoms with van der Waals surface area (Å²) < 4.78 is 7.87. The lowest BCUT2D eigenvalue weighted by molar-refractivity contribution is -0.157. The summed E-state index contributed by atoms with van der Waals surface area (Å²) in [5.41, 5.74) is 7.34. The number of likely N-dealkylation sites (tertiary alicyclic amines) is 1. The minimum atomic E-state index is -2.07. The van der Waals surface area contributed by atoms with Crippen molar-refractivity contribution in [2.75, 3.05) is 19.7 Å². The number of carbonyl (C=O) groups excluding carboxylic acids is 2. The van der Waals surface area contributed by atoms with Gasteiger partial charge in [-0.1, -0.05) is 29.3 Å². The third-order valence-corrected chi connectivity index (χ3v) is 9.23. The molecule has 10 nitrogen and oxygen atoms in total. The van der Waals surface area contributed by atoms with Crippen LogP contribution >= 0.6 is 23.2 Å². The summed E-state index contributed by atoms with van der Waals surface area (Å²) in [6, 6.07) is 7.27. The van der Waals surface area contributed by atoms with Crippen LogP contribution in [0.15, 0.2) is 24.3 Å². The highest BCUT2D eigenvalue weighted by Gasteiger charge is 2.31. The molecule has 2 amide bonds. The Morgan fingerprint density at radius 1 is 1.14 bits per heavy atom. The van der Waals surface area contributed by atoms with Crippen LogP contribution in [0.5, 0.6) is 5.75 Å². The molecular weight excluding hydrogens is 605 g/mol. The van der Waals surface area contributed by atoms with E-state index >= 15 is 0 Å². The highest BCUT2D eigenvalue weighted by Crippen LogP contribution is 2.40. The Bertz CT molecular complexity index is 1720. The lowest BCUT2D eigenvalue weighted by atomic mass is 9.98. The zero-order valence-corrected chi connectivity index (χ0v) is 26.9. The first-order valence-electron chi connectivity index (χ1n) is 14.6. The highest BCUT2D eigenvalue weighted by atomic mass is 35.5. The summed E-state index contributed by atoms with van der Waals surface area (Å²) in [5, 5.41) is 28.3. The SMILES string of the molecule is Cc1cc(OCCCc2c(C(=O)NC3CCN(C(=O)C(O)O)C3)[nH]c3c(-c4c(C)nn(C)c4C)c(Cl)ccc23)cc(C)c1Cl. The molecular formula is C32H37Cl2N5O5. The van der Waals surface area contributed by atoms with Gasteiger partial charge in [-0.05, 0) is 81.8 Å². The second kappa shape index (κ2) is 12.8. The number of nitrogens with zero attached hydrogens (tertiary/aromatic N) is 3. The largest absolute Gasteiger partial charge is 0.494 e. The summed E-state index contributed by atoms with van der Waals surface area (Å²) in [6.45, 7) is 8.74. The van der Waals surface area contributed by atoms with E-state index in [-0.39, 0.29) is 18.5 Å². The maximum absolute atomic E-state index is 13.8. The van der Waals surface area contributed by atoms with Gasteiger partial charge in [-0.3, -0.25) is 14.3 Å². The Morgan fingerprint density at radius 2 is 1.84 bits per heavy atom. The van der Waals surface area contributed by atoms with Crippen LogP contribution in [-0.2, 0) is 18.3 Å². The number of carbonyl (C=O) groups is 2. The van der Waals surface area contributed by atoms with Crippen LogP contribution in [0.1, 0.15) is 51.4 Å². The molecule has 12 heteroatoms. The number of amides is 2. The number of aliphatic hydroxyl groups excluding tert-OH is 1. The first kappa shape index (κ1) is 31.8. The third-order valence-electron chi connectivity index (χ3n) is 8.32. The standard InChI is InChI=1S/C32H37Cl2N5O5/c1-16-13-21(14-17(2)27(16)34)44-12-6-7-22-23-8-9-24(33)26(25-18(3)37-38(5)19(25)4)28(23)36-29(22)30(40)35-20-10-11-39(15-20)31(41)32(42)43/h8-9,13-14,20,32,36,42-43H,6-7,10-12,15H2,1-5H3,(H,35,40). The van der Waals surface area contributed by atoms with Crippen LogP contribution in [0.2, 0.25) is 10.0 Å². The summed E-state index contributed by atoms with van der Waals surface area (Å²) in [6.07, 6.45) is -0.391. The molecule has 1 saturated heterocycles. The quantitative estimate of drug-likeness (QED) is 0.154. The van der Waals surface area contributed by atoms with Gasteiger partial charge in [0.05, 0.1) is 22.8 Å². The third kappa shape index (κ3) is 6.17. The number of aromatic amines is 1. The molecule has 234 valence electrons. The van der Waals surface area contributed by atoms with Crippen molar-refractivity contribution in [1.82, 2.24) is 25.0 Å². The molecule has 0 spiro atoms. The molecule has 3 heterocycles. The lowest BCUT2D eigenvalue weighted by Gasteiger charge is -2.18. The van der Waals surface area contributed by atoms with Crippen molar-refractivity contribution in [3.8, 4) is 16.9 Å². The van der Waals surface area contributed by atoms with E-state index in [0.717, 1.165) is 60.9 Å². The van der Waals surface area contributed by atoms with Crippen LogP contribution in [0.3, 0.4) is 0 Å². The van der Waals surface area contributed by atoms with Crippen LogP contribution < -0.4 is 10.1 Å². The van der Waals surface area contributed by atoms with Gasteiger partial charge in [-0.2, -0.15) is 5.10 Å². The smallest absolute Gasteiger partial charge is 0.279 e. The van der Waals surface area contributed by atoms with Crippen LogP contribution in [0.4, 0.5) is 0 Å². The minimum Gasteiger partial charge on any atom is -0.494 e. The Balaban J connectivity index is 1.46. The number of halogens is 2. The maximum atomic E-state index is 13.8. The number of aryl methyl sites for hydroxylation is 5. The van der Waals surface area contributed by atoms with Crippen LogP contribution in [-0.4, -0.2) is 73.7 Å². The first-order valence-corrected chi connectivity index (χ1v) is 15.3. The fourth-order valence-corrected chi connectivity index (χ4v) is 6.42. The molecule has 1 unspecified atom stereocenters. The topological polar surface area (TPSA) is 133 Å². The summed E-state index contributed by atoms with van der Waals surface area (Å²) in [4.78, 5) is 30.6. The van der Waals surface area contributed by atoms with E-state index < -0.39 is 12.2 Å². The van der Waals surface area contributed by atoms with E-state index in [1.807, 2.05) is 63.7 Å². The van der Waals surface area contributed by atoms with Crippen LogP contribution in [0, 0.1) is 27.7 Å². The predicted octanol–water partition coefficient (Wildman–Crippen LogP) is 4.76. The Morgan fingerprint density at radius 3 is 2.48 bits per heavy atom. The molecule has 0 aliphatic carbocycles. The van der Waals surface area contributed by atoms with Crippen molar-refractivity contribution < 1.29 is 24.5 Å². The summed E-state index contributed by atoms with van der Waals surface area (Å²) >= 11 is 13.1. The van der Waals surface area contributed by atoms with E-state index in [4.69, 9.17) is 27.9 Å². The van der Waals surface area contributed by atoms with Gasteiger partial charge < -0.3 is 30.2 Å². The highest BCUT2D eigenvalue weighted by molar-refractivity contribution is 6.35. The second-order valence-corrected chi connectivity index (χ2v) is 12.2. The molecule has 2 aromatic carbocycles. The van der Waals surface area contributed by atoms with Gasteiger partial charge in [-0.15, -0.1) is 0 Å². The summed E-state index contributed by atoms with van der Waals surface area (Å²) in [7, 11) is 1.88. The minimum absolute atomic E-state index is 0.191. The molecule has 1 fully saturated rings. The fraction of sp³-hybridized carbons (Fsp3) is 0.406. The molecule has 1 aliphatic heterocycles. The number of fused-ring (bicyclic) bond motifs is 1. The van der Waals surface area contributed by atoms with Crippen molar-refractivity contribution in [2.45, 2.75) is 59.3 Å². The van der Waals surface area contributed by atoms with Gasteiger partial charge in [0.25, 0.3) is 11.8 Å². The van der Waals surface area contributed by atoms with Crippen molar-refractivity contribution in [3.05, 3.63) is 68.1 Å². The zero-order chi connectivity index (χ0) is 31.9. The van der Waals surface area contributed by atoms with Gasteiger partial charge in [0, 0.05) is 53.4 Å². The van der Waals surface area contributed by atoms with E-state index in [0.29, 0.717) is 43.1 Å². The van der Waals surface area contributed by atoms with Crippen LogP contribution in [0.25, 0.3) is 22.0 Å². The number of hydrogen-bond donors (Lipinski definition) is 4. The van der Waals surface area contributed by atoms with E-state index in [2.05, 4.69) is 15.4 Å². The van der Waals surface area contributed by atoms with E-state index in [1.54, 1.807) is 0 Å². The van der Waals surface area contributed by atoms with Crippen molar-refractivity contribution in [1.29, 1.82) is 0 Å². The molecule has 0 saturated carbocycles. The van der Waals surface area contributed by atoms with Gasteiger partial charge in [-0.25, -0.2) is 0 Å². The van der Waals surface area contributed by atoms with E-state index in [9.17, 15) is 19.8 Å². The monoisotopic (exact) mass is 641 g/mol. The molecule has 5 rings (SSSR count). The Kier molecular flexibility index (Phi) is 9.27. The Labute approximate surface area is 265 Å². The number of H-pyrrole nitrogens is 1. The van der Waals surface area contributed by atoms with Gasteiger partial charge >= 0.3 is 0 Å². The van der Waals surface area contributed by atoms with Crippen molar-refractivity contribution >= 4 is 45.9 Å². The molecule has 4 aromatic rings. The average molecular weight is 643 g/mol. The number of nitrogens with one attached hydrogen (secondary N) is 2. The molecule has 0 bridgehead atoms. The van der Waals surface area contributed by atoms with Gasteiger partial charge in [0.1, 0.15) is 11.4 Å². The van der Waals surface area contributed by atoms with Crippen molar-refractivity contribution in [2.24, 2.45) is 7.05 Å². The lowest BCUT2D eigenvalue weighted by Crippen LogP contribution is -2.41. The number of hydrogen-bond acceptors (Lipinski definition) is 6. The predicted molar refractivity (Wildman–Crippen MR) is 170 cm³/mol. The molecule has 0 radical (unpaired) electrons. The van der Waals surface area contributed by atoms with Crippen molar-refractivity contribution in [3.63, 3.8) is 0 Å². The summed E-state index contributed by atoms with van der Waals surface area (Å²) in [5.74, 6) is -0.349. The second-order valence-electron chi connectivity index (χ2n) is 11.4.